The lowest BCUT2D eigenvalue weighted by molar-refractivity contribution is 1.16. The third-order valence-corrected chi connectivity index (χ3v) is 3.50. The molecule has 1 unspecified atom stereocenters. The first-order chi connectivity index (χ1) is 8.33. The molecule has 0 aliphatic carbocycles. The molecule has 0 aromatic heterocycles. The van der Waals surface area contributed by atoms with Gasteiger partial charge in [0.2, 0.25) is 0 Å². The lowest BCUT2D eigenvalue weighted by atomic mass is 10.2. The third-order valence-electron chi connectivity index (χ3n) is 2.47. The highest BCUT2D eigenvalue weighted by atomic mass is 32.2. The summed E-state index contributed by atoms with van der Waals surface area (Å²) in [5.41, 5.74) is 1.24. The SMILES string of the molecule is Cc1cccc(SC2=NC=NC3=NC=NC32)c1. The molecule has 1 aromatic carbocycles. The lowest BCUT2D eigenvalue weighted by Crippen LogP contribution is -2.25. The quantitative estimate of drug-likeness (QED) is 0.745. The largest absolute Gasteiger partial charge is 0.255 e. The Hall–Kier alpha value is -1.75. The fraction of sp³-hybridized carbons (Fsp3) is 0.167. The van der Waals surface area contributed by atoms with Crippen LogP contribution in [0, 0.1) is 6.92 Å². The molecule has 4 nitrogen and oxygen atoms in total. The molecule has 84 valence electrons. The van der Waals surface area contributed by atoms with Gasteiger partial charge in [-0.05, 0) is 19.1 Å². The molecule has 2 heterocycles. The van der Waals surface area contributed by atoms with E-state index in [1.165, 1.54) is 10.5 Å². The number of aryl methyl sites for hydroxylation is 1. The van der Waals surface area contributed by atoms with Crippen LogP contribution in [0.3, 0.4) is 0 Å². The van der Waals surface area contributed by atoms with E-state index in [0.717, 1.165) is 10.9 Å². The molecule has 3 rings (SSSR count). The van der Waals surface area contributed by atoms with Gasteiger partial charge in [-0.1, -0.05) is 29.5 Å². The van der Waals surface area contributed by atoms with E-state index in [0.29, 0.717) is 0 Å². The number of fused-ring (bicyclic) bond motifs is 1. The average molecular weight is 242 g/mol. The Labute approximate surface area is 103 Å². The normalized spacial score (nSPS) is 21.1. The summed E-state index contributed by atoms with van der Waals surface area (Å²) in [4.78, 5) is 17.9. The standard InChI is InChI=1S/C12H10N4S/c1-8-3-2-4-9(5-8)17-12-10-11(14-6-13-10)15-7-16-12/h2-7,10H,1H3. The molecule has 0 amide bonds. The Morgan fingerprint density at radius 3 is 3.00 bits per heavy atom. The van der Waals surface area contributed by atoms with E-state index >= 15 is 0 Å². The molecule has 1 atom stereocenters. The fourth-order valence-corrected chi connectivity index (χ4v) is 2.68. The molecule has 0 spiro atoms. The molecular formula is C12H10N4S. The third kappa shape index (κ3) is 2.06. The highest BCUT2D eigenvalue weighted by molar-refractivity contribution is 8.14. The van der Waals surface area contributed by atoms with Gasteiger partial charge in [-0.3, -0.25) is 4.99 Å². The van der Waals surface area contributed by atoms with E-state index in [9.17, 15) is 0 Å². The first kappa shape index (κ1) is 10.4. The number of thioether (sulfide) groups is 1. The molecule has 2 aliphatic heterocycles. The maximum Gasteiger partial charge on any atom is 0.163 e. The van der Waals surface area contributed by atoms with Crippen molar-refractivity contribution in [3.05, 3.63) is 29.8 Å². The summed E-state index contributed by atoms with van der Waals surface area (Å²) in [7, 11) is 0. The van der Waals surface area contributed by atoms with Gasteiger partial charge in [-0.15, -0.1) is 0 Å². The zero-order valence-electron chi connectivity index (χ0n) is 9.24. The van der Waals surface area contributed by atoms with Crippen molar-refractivity contribution >= 4 is 35.3 Å². The van der Waals surface area contributed by atoms with Crippen LogP contribution in [0.25, 0.3) is 0 Å². The minimum absolute atomic E-state index is 0.106. The van der Waals surface area contributed by atoms with Crippen LogP contribution in [0.1, 0.15) is 5.56 Å². The molecule has 0 saturated carbocycles. The van der Waals surface area contributed by atoms with Crippen LogP contribution in [-0.2, 0) is 0 Å². The van der Waals surface area contributed by atoms with Gasteiger partial charge in [0.25, 0.3) is 0 Å². The first-order valence-electron chi connectivity index (χ1n) is 5.27. The van der Waals surface area contributed by atoms with E-state index in [4.69, 9.17) is 0 Å². The summed E-state index contributed by atoms with van der Waals surface area (Å²) in [6.07, 6.45) is 3.09. The molecule has 5 heteroatoms. The minimum Gasteiger partial charge on any atom is -0.255 e. The molecular weight excluding hydrogens is 232 g/mol. The molecule has 0 N–H and O–H groups in total. The van der Waals surface area contributed by atoms with E-state index < -0.39 is 0 Å². The smallest absolute Gasteiger partial charge is 0.163 e. The predicted octanol–water partition coefficient (Wildman–Crippen LogP) is 2.34. The topological polar surface area (TPSA) is 49.4 Å². The van der Waals surface area contributed by atoms with Gasteiger partial charge in [0, 0.05) is 4.90 Å². The second kappa shape index (κ2) is 4.25. The van der Waals surface area contributed by atoms with E-state index in [1.54, 1.807) is 24.4 Å². The number of amidine groups is 1. The van der Waals surface area contributed by atoms with Crippen LogP contribution < -0.4 is 0 Å². The van der Waals surface area contributed by atoms with E-state index in [1.807, 2.05) is 6.07 Å². The van der Waals surface area contributed by atoms with Gasteiger partial charge in [0.05, 0.1) is 0 Å². The van der Waals surface area contributed by atoms with Crippen LogP contribution in [-0.4, -0.2) is 29.6 Å². The molecule has 0 bridgehead atoms. The van der Waals surface area contributed by atoms with Gasteiger partial charge >= 0.3 is 0 Å². The van der Waals surface area contributed by atoms with Crippen molar-refractivity contribution in [2.24, 2.45) is 20.0 Å². The zero-order chi connectivity index (χ0) is 11.7. The van der Waals surface area contributed by atoms with Crippen molar-refractivity contribution in [2.75, 3.05) is 0 Å². The molecule has 0 saturated heterocycles. The Bertz CT molecular complexity index is 572. The van der Waals surface area contributed by atoms with Crippen LogP contribution in [0.15, 0.2) is 49.1 Å². The summed E-state index contributed by atoms with van der Waals surface area (Å²) < 4.78 is 0. The number of hydrogen-bond donors (Lipinski definition) is 0. The number of hydrogen-bond acceptors (Lipinski definition) is 5. The first-order valence-corrected chi connectivity index (χ1v) is 6.09. The van der Waals surface area contributed by atoms with Crippen molar-refractivity contribution in [3.8, 4) is 0 Å². The Morgan fingerprint density at radius 1 is 1.18 bits per heavy atom. The molecule has 2 aliphatic rings. The van der Waals surface area contributed by atoms with Crippen molar-refractivity contribution in [2.45, 2.75) is 17.9 Å². The molecule has 1 aromatic rings. The number of aliphatic imine (C=N–C) groups is 4. The number of nitrogens with zero attached hydrogens (tertiary/aromatic N) is 4. The lowest BCUT2D eigenvalue weighted by Gasteiger charge is -2.13. The maximum atomic E-state index is 4.29. The molecule has 17 heavy (non-hydrogen) atoms. The maximum absolute atomic E-state index is 4.29. The summed E-state index contributed by atoms with van der Waals surface area (Å²) in [5.74, 6) is 0.732. The predicted molar refractivity (Wildman–Crippen MR) is 72.7 cm³/mol. The molecule has 0 fully saturated rings. The van der Waals surface area contributed by atoms with Crippen molar-refractivity contribution < 1.29 is 0 Å². The van der Waals surface area contributed by atoms with Crippen molar-refractivity contribution in [1.82, 2.24) is 0 Å². The van der Waals surface area contributed by atoms with Crippen molar-refractivity contribution in [1.29, 1.82) is 0 Å². The summed E-state index contributed by atoms with van der Waals surface area (Å²) in [6.45, 7) is 2.08. The van der Waals surface area contributed by atoms with Gasteiger partial charge in [0.15, 0.2) is 11.9 Å². The van der Waals surface area contributed by atoms with Crippen molar-refractivity contribution in [3.63, 3.8) is 0 Å². The Balaban J connectivity index is 1.86. The summed E-state index contributed by atoms with van der Waals surface area (Å²) in [6, 6.07) is 8.22. The van der Waals surface area contributed by atoms with Crippen LogP contribution in [0.4, 0.5) is 0 Å². The highest BCUT2D eigenvalue weighted by Crippen LogP contribution is 2.26. The monoisotopic (exact) mass is 242 g/mol. The Morgan fingerprint density at radius 2 is 2.12 bits per heavy atom. The van der Waals surface area contributed by atoms with Crippen LogP contribution in [0.5, 0.6) is 0 Å². The number of rotatable bonds is 1. The van der Waals surface area contributed by atoms with Crippen LogP contribution in [0.2, 0.25) is 0 Å². The molecule has 0 radical (unpaired) electrons. The van der Waals surface area contributed by atoms with Crippen LogP contribution >= 0.6 is 11.8 Å². The van der Waals surface area contributed by atoms with Gasteiger partial charge < -0.3 is 0 Å². The highest BCUT2D eigenvalue weighted by Gasteiger charge is 2.26. The van der Waals surface area contributed by atoms with Gasteiger partial charge in [0.1, 0.15) is 17.7 Å². The minimum atomic E-state index is -0.106. The summed E-state index contributed by atoms with van der Waals surface area (Å²) >= 11 is 1.62. The van der Waals surface area contributed by atoms with E-state index in [-0.39, 0.29) is 6.04 Å². The Kier molecular flexibility index (Phi) is 2.60. The second-order valence-corrected chi connectivity index (χ2v) is 4.88. The average Bonchev–Trinajstić information content (AvgIpc) is 2.78. The van der Waals surface area contributed by atoms with Gasteiger partial charge in [-0.2, -0.15) is 0 Å². The number of benzene rings is 1. The fourth-order valence-electron chi connectivity index (χ4n) is 1.67. The van der Waals surface area contributed by atoms with Gasteiger partial charge in [-0.25, -0.2) is 15.0 Å². The van der Waals surface area contributed by atoms with E-state index in [2.05, 4.69) is 45.1 Å². The summed E-state index contributed by atoms with van der Waals surface area (Å²) in [5, 5.41) is 0.929. The second-order valence-electron chi connectivity index (χ2n) is 3.78. The zero-order valence-corrected chi connectivity index (χ0v) is 10.1.